The van der Waals surface area contributed by atoms with Gasteiger partial charge in [0.15, 0.2) is 17.5 Å². The number of nitrogen functional groups attached to an aromatic ring is 2. The van der Waals surface area contributed by atoms with E-state index in [4.69, 9.17) is 16.2 Å². The van der Waals surface area contributed by atoms with Crippen molar-refractivity contribution in [3.63, 3.8) is 0 Å². The molecule has 2 aliphatic heterocycles. The molecule has 2 saturated heterocycles. The van der Waals surface area contributed by atoms with Crippen molar-refractivity contribution in [1.29, 1.82) is 0 Å². The number of nitrogens with one attached hydrogen (secondary N) is 1. The number of benzene rings is 3. The zero-order valence-electron chi connectivity index (χ0n) is 27.8. The smallest absolute Gasteiger partial charge is 0.332 e. The maximum Gasteiger partial charge on any atom is 0.332 e. The van der Waals surface area contributed by atoms with Crippen LogP contribution in [0.25, 0.3) is 10.2 Å². The molecule has 5 N–H and O–H groups in total. The second kappa shape index (κ2) is 15.0. The number of aromatic nitrogens is 1. The van der Waals surface area contributed by atoms with Crippen molar-refractivity contribution in [2.45, 2.75) is 45.1 Å². The van der Waals surface area contributed by atoms with Gasteiger partial charge in [-0.15, -0.1) is 0 Å². The molecule has 0 unspecified atom stereocenters. The van der Waals surface area contributed by atoms with Crippen LogP contribution in [0.15, 0.2) is 79.4 Å². The maximum absolute atomic E-state index is 14.4. The predicted molar refractivity (Wildman–Crippen MR) is 192 cm³/mol. The first-order chi connectivity index (χ1) is 24.2. The summed E-state index contributed by atoms with van der Waals surface area (Å²) in [5, 5.41) is 6.81. The molecule has 260 valence electrons. The summed E-state index contributed by atoms with van der Waals surface area (Å²) < 4.78 is 6.46. The Kier molecular flexibility index (Phi) is 10.3. The first-order valence-electron chi connectivity index (χ1n) is 16.4. The molecule has 0 aliphatic carbocycles. The molecule has 2 atom stereocenters. The summed E-state index contributed by atoms with van der Waals surface area (Å²) in [7, 11) is 0. The van der Waals surface area contributed by atoms with Gasteiger partial charge in [0.2, 0.25) is 11.8 Å². The molecule has 4 amide bonds. The van der Waals surface area contributed by atoms with Gasteiger partial charge in [-0.1, -0.05) is 73.4 Å². The predicted octanol–water partition coefficient (Wildman–Crippen LogP) is 3.56. The number of urea groups is 1. The van der Waals surface area contributed by atoms with Crippen molar-refractivity contribution in [2.24, 2.45) is 0 Å². The van der Waals surface area contributed by atoms with Crippen LogP contribution in [0.5, 0.6) is 5.75 Å². The van der Waals surface area contributed by atoms with E-state index in [9.17, 15) is 19.2 Å². The van der Waals surface area contributed by atoms with Crippen molar-refractivity contribution in [1.82, 2.24) is 30.1 Å². The molecule has 3 aromatic carbocycles. The van der Waals surface area contributed by atoms with Crippen molar-refractivity contribution < 1.29 is 23.9 Å². The van der Waals surface area contributed by atoms with E-state index in [1.54, 1.807) is 38.0 Å². The molecule has 2 fully saturated rings. The summed E-state index contributed by atoms with van der Waals surface area (Å²) in [5.74, 6) is -0.446. The van der Waals surface area contributed by atoms with Crippen LogP contribution in [0.4, 0.5) is 15.6 Å². The van der Waals surface area contributed by atoms with Crippen LogP contribution in [0.1, 0.15) is 30.0 Å². The first-order valence-corrected chi connectivity index (χ1v) is 17.2. The fourth-order valence-corrected chi connectivity index (χ4v) is 7.24. The summed E-state index contributed by atoms with van der Waals surface area (Å²) in [5.41, 5.74) is 15.8. The van der Waals surface area contributed by atoms with Crippen LogP contribution in [0.2, 0.25) is 0 Å². The summed E-state index contributed by atoms with van der Waals surface area (Å²) in [6, 6.07) is 19.3. The molecular formula is C36H40N8O5S. The molecule has 6 rings (SSSR count). The Hall–Kier alpha value is -5.47. The monoisotopic (exact) mass is 696 g/mol. The van der Waals surface area contributed by atoms with Gasteiger partial charge in [0.25, 0.3) is 0 Å². The molecule has 3 heterocycles. The largest absolute Gasteiger partial charge is 0.483 e. The Bertz CT molecular complexity index is 1920. The summed E-state index contributed by atoms with van der Waals surface area (Å²) in [6.07, 6.45) is 1.39. The van der Waals surface area contributed by atoms with Crippen molar-refractivity contribution in [3.05, 3.63) is 96.1 Å². The topological polar surface area (TPSA) is 167 Å². The third kappa shape index (κ3) is 7.26. The average Bonchev–Trinajstić information content (AvgIpc) is 3.66. The van der Waals surface area contributed by atoms with Crippen molar-refractivity contribution in [3.8, 4) is 5.75 Å². The number of piperazine rings is 1. The third-order valence-corrected chi connectivity index (χ3v) is 9.66. The molecule has 0 bridgehead atoms. The number of amides is 4. The van der Waals surface area contributed by atoms with E-state index in [0.717, 1.165) is 21.3 Å². The van der Waals surface area contributed by atoms with Gasteiger partial charge in [0, 0.05) is 26.1 Å². The first kappa shape index (κ1) is 34.4. The number of thiazole rings is 1. The zero-order valence-corrected chi connectivity index (χ0v) is 28.6. The molecule has 1 aromatic heterocycles. The molecule has 0 radical (unpaired) electrons. The van der Waals surface area contributed by atoms with Crippen molar-refractivity contribution in [2.75, 3.05) is 37.7 Å². The number of ether oxygens (including phenoxy) is 1. The standard InChI is InChI=1S/C36H40N8O5S/c1-3-15-42(36(48)39-18-23-9-6-5-7-10-23)43-21-32(46)44-28(17-24-13-14-29(27(37)16-24)49-22-26(45)4-2)34(47)41(20-31(43)44)19-25-11-8-12-30-33(25)40-35(38)50-30/h4-14,16,28,31H,2-3,15,17-22,37H2,1H3,(H2,38,40)(H,39,48)/t28-,31+/m0/s1. The summed E-state index contributed by atoms with van der Waals surface area (Å²) in [4.78, 5) is 61.5. The van der Waals surface area contributed by atoms with E-state index < -0.39 is 12.2 Å². The van der Waals surface area contributed by atoms with Crippen LogP contribution in [-0.4, -0.2) is 86.9 Å². The van der Waals surface area contributed by atoms with Gasteiger partial charge in [0.1, 0.15) is 18.0 Å². The second-order valence-electron chi connectivity index (χ2n) is 12.2. The maximum atomic E-state index is 14.4. The summed E-state index contributed by atoms with van der Waals surface area (Å²) >= 11 is 1.38. The van der Waals surface area contributed by atoms with E-state index in [2.05, 4.69) is 16.9 Å². The van der Waals surface area contributed by atoms with Gasteiger partial charge in [-0.3, -0.25) is 19.4 Å². The highest BCUT2D eigenvalue weighted by Gasteiger charge is 2.52. The number of nitrogens with zero attached hydrogens (tertiary/aromatic N) is 5. The number of fused-ring (bicyclic) bond motifs is 2. The SMILES string of the molecule is C=CC(=O)COc1ccc(C[C@H]2C(=O)N(Cc3cccc4sc(N)nc34)C[C@H]3N2C(=O)CN3N(CCC)C(=O)NCc2ccccc2)cc1N. The normalized spacial score (nSPS) is 17.5. The lowest BCUT2D eigenvalue weighted by atomic mass is 9.99. The highest BCUT2D eigenvalue weighted by atomic mass is 32.1. The Balaban J connectivity index is 1.30. The molecule has 2 aliphatic rings. The Labute approximate surface area is 294 Å². The number of hydrogen-bond acceptors (Lipinski definition) is 10. The molecule has 13 nitrogen and oxygen atoms in total. The van der Waals surface area contributed by atoms with E-state index in [0.29, 0.717) is 41.6 Å². The minimum atomic E-state index is -0.879. The van der Waals surface area contributed by atoms with Gasteiger partial charge < -0.3 is 31.3 Å². The van der Waals surface area contributed by atoms with E-state index in [-0.39, 0.29) is 56.3 Å². The molecule has 0 saturated carbocycles. The average molecular weight is 697 g/mol. The number of carbonyl (C=O) groups is 4. The molecule has 0 spiro atoms. The van der Waals surface area contributed by atoms with Gasteiger partial charge in [-0.05, 0) is 47.4 Å². The quantitative estimate of drug-likeness (QED) is 0.140. The number of para-hydroxylation sites is 1. The number of ketones is 1. The van der Waals surface area contributed by atoms with Crippen molar-refractivity contribution >= 4 is 56.0 Å². The highest BCUT2D eigenvalue weighted by molar-refractivity contribution is 7.22. The lowest BCUT2D eigenvalue weighted by Gasteiger charge is -2.46. The number of rotatable bonds is 13. The molecular weight excluding hydrogens is 657 g/mol. The Morgan fingerprint density at radius 2 is 1.90 bits per heavy atom. The third-order valence-electron chi connectivity index (χ3n) is 8.81. The zero-order chi connectivity index (χ0) is 35.4. The van der Waals surface area contributed by atoms with Crippen LogP contribution in [0, 0.1) is 0 Å². The minimum Gasteiger partial charge on any atom is -0.483 e. The number of anilines is 2. The van der Waals surface area contributed by atoms with Crippen LogP contribution >= 0.6 is 11.3 Å². The van der Waals surface area contributed by atoms with Gasteiger partial charge >= 0.3 is 6.03 Å². The minimum absolute atomic E-state index is 0.0640. The number of hydrogen-bond donors (Lipinski definition) is 3. The van der Waals surface area contributed by atoms with E-state index in [1.807, 2.05) is 55.5 Å². The molecule has 50 heavy (non-hydrogen) atoms. The van der Waals surface area contributed by atoms with Crippen LogP contribution < -0.4 is 21.5 Å². The number of carbonyl (C=O) groups excluding carboxylic acids is 4. The molecule has 14 heteroatoms. The van der Waals surface area contributed by atoms with E-state index in [1.165, 1.54) is 17.4 Å². The Morgan fingerprint density at radius 3 is 2.64 bits per heavy atom. The van der Waals surface area contributed by atoms with E-state index >= 15 is 0 Å². The molecule has 4 aromatic rings. The van der Waals surface area contributed by atoms with Gasteiger partial charge in [0.05, 0.1) is 29.0 Å². The van der Waals surface area contributed by atoms with Gasteiger partial charge in [-0.25, -0.2) is 9.78 Å². The van der Waals surface area contributed by atoms with Crippen LogP contribution in [0.3, 0.4) is 0 Å². The lowest BCUT2D eigenvalue weighted by molar-refractivity contribution is -0.157. The number of nitrogens with two attached hydrogens (primary N) is 2. The van der Waals surface area contributed by atoms with Gasteiger partial charge in [-0.2, -0.15) is 5.01 Å². The second-order valence-corrected chi connectivity index (χ2v) is 13.3. The fourth-order valence-electron chi connectivity index (χ4n) is 6.46. The fraction of sp³-hybridized carbons (Fsp3) is 0.306. The van der Waals surface area contributed by atoms with Crippen LogP contribution in [-0.2, 0) is 33.9 Å². The number of hydrazine groups is 1. The lowest BCUT2D eigenvalue weighted by Crippen LogP contribution is -2.66. The highest BCUT2D eigenvalue weighted by Crippen LogP contribution is 2.33. The summed E-state index contributed by atoms with van der Waals surface area (Å²) in [6.45, 7) is 6.28. The Morgan fingerprint density at radius 1 is 1.10 bits per heavy atom.